The summed E-state index contributed by atoms with van der Waals surface area (Å²) in [5.41, 5.74) is 6.49. The SMILES string of the molecule is Cc1cc(F)cc(C)c1S(=O)(=O)N1CCC(C(N)=S)CC1. The summed E-state index contributed by atoms with van der Waals surface area (Å²) >= 11 is 4.97. The summed E-state index contributed by atoms with van der Waals surface area (Å²) in [4.78, 5) is 0.652. The Hall–Kier alpha value is -1.05. The van der Waals surface area contributed by atoms with E-state index in [1.54, 1.807) is 13.8 Å². The van der Waals surface area contributed by atoms with Gasteiger partial charge in [0.15, 0.2) is 0 Å². The minimum Gasteiger partial charge on any atom is -0.393 e. The Morgan fingerprint density at radius 2 is 1.76 bits per heavy atom. The summed E-state index contributed by atoms with van der Waals surface area (Å²) in [5, 5.41) is 0. The van der Waals surface area contributed by atoms with E-state index in [2.05, 4.69) is 0 Å². The van der Waals surface area contributed by atoms with Crippen molar-refractivity contribution in [3.8, 4) is 0 Å². The molecule has 1 aliphatic heterocycles. The first-order valence-corrected chi connectivity index (χ1v) is 8.64. The van der Waals surface area contributed by atoms with Crippen LogP contribution in [0.3, 0.4) is 0 Å². The molecule has 1 aliphatic rings. The van der Waals surface area contributed by atoms with Crippen LogP contribution in [0.4, 0.5) is 4.39 Å². The van der Waals surface area contributed by atoms with Gasteiger partial charge in [-0.05, 0) is 49.9 Å². The molecule has 1 aromatic carbocycles. The standard InChI is InChI=1S/C14H19FN2O2S2/c1-9-7-12(15)8-10(2)13(9)21(18,19)17-5-3-11(4-6-17)14(16)20/h7-8,11H,3-6H2,1-2H3,(H2,16,20). The maximum Gasteiger partial charge on any atom is 0.243 e. The predicted molar refractivity (Wildman–Crippen MR) is 84.1 cm³/mol. The number of nitrogens with zero attached hydrogens (tertiary/aromatic N) is 1. The van der Waals surface area contributed by atoms with Crippen molar-refractivity contribution < 1.29 is 12.8 Å². The second-order valence-corrected chi connectivity index (χ2v) is 7.80. The lowest BCUT2D eigenvalue weighted by atomic mass is 9.98. The average molecular weight is 330 g/mol. The Balaban J connectivity index is 2.30. The minimum absolute atomic E-state index is 0.0989. The van der Waals surface area contributed by atoms with Gasteiger partial charge in [0.2, 0.25) is 10.0 Å². The van der Waals surface area contributed by atoms with Crippen molar-refractivity contribution in [2.45, 2.75) is 31.6 Å². The maximum absolute atomic E-state index is 13.3. The Morgan fingerprint density at radius 1 is 1.29 bits per heavy atom. The average Bonchev–Trinajstić information content (AvgIpc) is 2.37. The van der Waals surface area contributed by atoms with Crippen LogP contribution < -0.4 is 5.73 Å². The normalized spacial score (nSPS) is 17.9. The van der Waals surface area contributed by atoms with Crippen molar-refractivity contribution in [2.24, 2.45) is 11.7 Å². The molecule has 0 radical (unpaired) electrons. The molecule has 2 rings (SSSR count). The zero-order valence-electron chi connectivity index (χ0n) is 12.1. The fourth-order valence-corrected chi connectivity index (χ4v) is 4.93. The lowest BCUT2D eigenvalue weighted by molar-refractivity contribution is 0.316. The molecule has 1 heterocycles. The van der Waals surface area contributed by atoms with E-state index in [4.69, 9.17) is 18.0 Å². The number of benzene rings is 1. The van der Waals surface area contributed by atoms with E-state index in [9.17, 15) is 12.8 Å². The Bertz CT molecular complexity index is 643. The number of rotatable bonds is 3. The zero-order chi connectivity index (χ0) is 15.8. The summed E-state index contributed by atoms with van der Waals surface area (Å²) < 4.78 is 40.3. The van der Waals surface area contributed by atoms with E-state index in [1.807, 2.05) is 0 Å². The molecule has 0 bridgehead atoms. The molecular formula is C14H19FN2O2S2. The van der Waals surface area contributed by atoms with E-state index in [0.29, 0.717) is 42.0 Å². The fourth-order valence-electron chi connectivity index (χ4n) is 2.81. The van der Waals surface area contributed by atoms with E-state index in [0.717, 1.165) is 0 Å². The molecule has 7 heteroatoms. The first kappa shape index (κ1) is 16.3. The third kappa shape index (κ3) is 3.25. The van der Waals surface area contributed by atoms with Crippen LogP contribution in [0.5, 0.6) is 0 Å². The third-order valence-electron chi connectivity index (χ3n) is 3.88. The molecule has 0 saturated carbocycles. The quantitative estimate of drug-likeness (QED) is 0.863. The van der Waals surface area contributed by atoms with Gasteiger partial charge in [0.1, 0.15) is 5.82 Å². The number of hydrogen-bond acceptors (Lipinski definition) is 3. The molecule has 1 saturated heterocycles. The highest BCUT2D eigenvalue weighted by Crippen LogP contribution is 2.28. The molecule has 0 amide bonds. The van der Waals surface area contributed by atoms with Gasteiger partial charge in [-0.1, -0.05) is 12.2 Å². The minimum atomic E-state index is -3.61. The van der Waals surface area contributed by atoms with Gasteiger partial charge < -0.3 is 5.73 Å². The Morgan fingerprint density at radius 3 is 2.19 bits per heavy atom. The third-order valence-corrected chi connectivity index (χ3v) is 6.42. The summed E-state index contributed by atoms with van der Waals surface area (Å²) in [6.45, 7) is 4.01. The molecular weight excluding hydrogens is 311 g/mol. The predicted octanol–water partition coefficient (Wildman–Crippen LogP) is 2.13. The number of aryl methyl sites for hydroxylation is 2. The molecule has 0 spiro atoms. The van der Waals surface area contributed by atoms with E-state index in [1.165, 1.54) is 16.4 Å². The van der Waals surface area contributed by atoms with Crippen LogP contribution in [-0.2, 0) is 10.0 Å². The molecule has 1 fully saturated rings. The molecule has 116 valence electrons. The van der Waals surface area contributed by atoms with Gasteiger partial charge >= 0.3 is 0 Å². The van der Waals surface area contributed by atoms with Crippen molar-refractivity contribution in [3.63, 3.8) is 0 Å². The molecule has 1 aromatic rings. The van der Waals surface area contributed by atoms with E-state index < -0.39 is 15.8 Å². The van der Waals surface area contributed by atoms with Crippen molar-refractivity contribution in [2.75, 3.05) is 13.1 Å². The number of sulfonamides is 1. The molecule has 0 atom stereocenters. The highest BCUT2D eigenvalue weighted by atomic mass is 32.2. The van der Waals surface area contributed by atoms with Crippen LogP contribution in [-0.4, -0.2) is 30.8 Å². The largest absolute Gasteiger partial charge is 0.393 e. The van der Waals surface area contributed by atoms with Gasteiger partial charge in [0, 0.05) is 19.0 Å². The highest BCUT2D eigenvalue weighted by Gasteiger charge is 2.32. The summed E-state index contributed by atoms with van der Waals surface area (Å²) in [6, 6.07) is 2.50. The molecule has 2 N–H and O–H groups in total. The van der Waals surface area contributed by atoms with Crippen LogP contribution >= 0.6 is 12.2 Å². The van der Waals surface area contributed by atoms with Gasteiger partial charge in [0.05, 0.1) is 9.88 Å². The van der Waals surface area contributed by atoms with Gasteiger partial charge in [-0.3, -0.25) is 0 Å². The number of thiocarbonyl (C=S) groups is 1. The molecule has 0 aromatic heterocycles. The van der Waals surface area contributed by atoms with Crippen LogP contribution in [0.15, 0.2) is 17.0 Å². The fraction of sp³-hybridized carbons (Fsp3) is 0.500. The number of hydrogen-bond donors (Lipinski definition) is 1. The summed E-state index contributed by atoms with van der Waals surface area (Å²) in [7, 11) is -3.61. The topological polar surface area (TPSA) is 63.4 Å². The summed E-state index contributed by atoms with van der Waals surface area (Å²) in [6.07, 6.45) is 1.27. The lowest BCUT2D eigenvalue weighted by Crippen LogP contribution is -2.41. The maximum atomic E-state index is 13.3. The first-order chi connectivity index (χ1) is 9.73. The second kappa shape index (κ2) is 5.98. The van der Waals surface area contributed by atoms with Crippen LogP contribution in [0.1, 0.15) is 24.0 Å². The van der Waals surface area contributed by atoms with E-state index >= 15 is 0 Å². The lowest BCUT2D eigenvalue weighted by Gasteiger charge is -2.31. The Kier molecular flexibility index (Phi) is 4.65. The van der Waals surface area contributed by atoms with Gasteiger partial charge in [0.25, 0.3) is 0 Å². The Labute approximate surface area is 130 Å². The van der Waals surface area contributed by atoms with E-state index in [-0.39, 0.29) is 10.8 Å². The van der Waals surface area contributed by atoms with Crippen molar-refractivity contribution in [3.05, 3.63) is 29.1 Å². The van der Waals surface area contributed by atoms with Crippen LogP contribution in [0.25, 0.3) is 0 Å². The number of halogens is 1. The number of nitrogens with two attached hydrogens (primary N) is 1. The van der Waals surface area contributed by atoms with Crippen LogP contribution in [0, 0.1) is 25.6 Å². The molecule has 0 unspecified atom stereocenters. The highest BCUT2D eigenvalue weighted by molar-refractivity contribution is 7.89. The van der Waals surface area contributed by atoms with Gasteiger partial charge in [-0.15, -0.1) is 0 Å². The smallest absolute Gasteiger partial charge is 0.243 e. The molecule has 21 heavy (non-hydrogen) atoms. The second-order valence-electron chi connectivity index (χ2n) is 5.45. The van der Waals surface area contributed by atoms with Crippen LogP contribution in [0.2, 0.25) is 0 Å². The van der Waals surface area contributed by atoms with Gasteiger partial charge in [-0.2, -0.15) is 4.31 Å². The summed E-state index contributed by atoms with van der Waals surface area (Å²) in [5.74, 6) is -0.321. The molecule has 0 aliphatic carbocycles. The monoisotopic (exact) mass is 330 g/mol. The number of piperidine rings is 1. The van der Waals surface area contributed by atoms with Gasteiger partial charge in [-0.25, -0.2) is 12.8 Å². The van der Waals surface area contributed by atoms with Crippen molar-refractivity contribution in [1.82, 2.24) is 4.31 Å². The van der Waals surface area contributed by atoms with Crippen molar-refractivity contribution >= 4 is 27.2 Å². The van der Waals surface area contributed by atoms with Crippen molar-refractivity contribution in [1.29, 1.82) is 0 Å². The molecule has 4 nitrogen and oxygen atoms in total. The zero-order valence-corrected chi connectivity index (χ0v) is 13.7. The first-order valence-electron chi connectivity index (χ1n) is 6.79.